The van der Waals surface area contributed by atoms with Gasteiger partial charge in [-0.25, -0.2) is 0 Å². The quantitative estimate of drug-likeness (QED) is 0.593. The van der Waals surface area contributed by atoms with Crippen molar-refractivity contribution in [3.63, 3.8) is 0 Å². The zero-order chi connectivity index (χ0) is 15.9. The molecule has 0 aliphatic heterocycles. The van der Waals surface area contributed by atoms with Crippen LogP contribution < -0.4 is 9.47 Å². The van der Waals surface area contributed by atoms with E-state index in [4.69, 9.17) is 9.47 Å². The Hall–Kier alpha value is -2.31. The molecule has 0 aromatic heterocycles. The van der Waals surface area contributed by atoms with Crippen LogP contribution in [0.5, 0.6) is 11.5 Å². The average Bonchev–Trinajstić information content (AvgIpc) is 2.49. The minimum Gasteiger partial charge on any atom is -0.495 e. The first kappa shape index (κ1) is 14.6. The van der Waals surface area contributed by atoms with Crippen LogP contribution in [0.3, 0.4) is 0 Å². The number of methoxy groups -OCH3 is 2. The Morgan fingerprint density at radius 2 is 1.55 bits per heavy atom. The lowest BCUT2D eigenvalue weighted by Gasteiger charge is -2.14. The van der Waals surface area contributed by atoms with Crippen LogP contribution in [0.2, 0.25) is 0 Å². The molecule has 0 aliphatic carbocycles. The maximum atomic E-state index is 11.7. The first-order valence-electron chi connectivity index (χ1n) is 6.50. The summed E-state index contributed by atoms with van der Waals surface area (Å²) < 4.78 is 43.3. The molecule has 0 radical (unpaired) electrons. The third-order valence-corrected chi connectivity index (χ3v) is 4.46. The minimum absolute atomic E-state index is 0.0436. The fourth-order valence-corrected chi connectivity index (χ4v) is 3.44. The molecule has 0 saturated heterocycles. The number of benzene rings is 3. The third-order valence-electron chi connectivity index (χ3n) is 3.56. The smallest absolute Gasteiger partial charge is 0.301 e. The minimum atomic E-state index is -4.48. The van der Waals surface area contributed by atoms with E-state index < -0.39 is 10.1 Å². The van der Waals surface area contributed by atoms with E-state index in [0.717, 1.165) is 16.2 Å². The average molecular weight is 318 g/mol. The molecule has 0 amide bonds. The van der Waals surface area contributed by atoms with Crippen molar-refractivity contribution in [1.29, 1.82) is 0 Å². The molecule has 1 N–H and O–H groups in total. The van der Waals surface area contributed by atoms with Crippen LogP contribution in [0.25, 0.3) is 21.5 Å². The van der Waals surface area contributed by atoms with Crippen molar-refractivity contribution in [1.82, 2.24) is 0 Å². The summed E-state index contributed by atoms with van der Waals surface area (Å²) in [6.45, 7) is 0. The van der Waals surface area contributed by atoms with Gasteiger partial charge >= 0.3 is 10.1 Å². The highest BCUT2D eigenvalue weighted by molar-refractivity contribution is 7.86. The molecule has 0 atom stereocenters. The van der Waals surface area contributed by atoms with Crippen LogP contribution in [0.4, 0.5) is 0 Å². The summed E-state index contributed by atoms with van der Waals surface area (Å²) in [5.74, 6) is 0.115. The maximum Gasteiger partial charge on any atom is 0.301 e. The molecule has 0 unspecified atom stereocenters. The van der Waals surface area contributed by atoms with E-state index in [9.17, 15) is 13.0 Å². The Balaban J connectivity index is 2.53. The van der Waals surface area contributed by atoms with Crippen molar-refractivity contribution in [2.75, 3.05) is 14.2 Å². The van der Waals surface area contributed by atoms with Crippen LogP contribution in [-0.2, 0) is 10.1 Å². The second-order valence-corrected chi connectivity index (χ2v) is 6.20. The van der Waals surface area contributed by atoms with E-state index in [1.807, 2.05) is 36.4 Å². The predicted octanol–water partition coefficient (Wildman–Crippen LogP) is 3.26. The van der Waals surface area contributed by atoms with E-state index in [1.54, 1.807) is 6.07 Å². The zero-order valence-corrected chi connectivity index (χ0v) is 12.8. The van der Waals surface area contributed by atoms with Gasteiger partial charge in [-0.2, -0.15) is 8.42 Å². The fourth-order valence-electron chi connectivity index (χ4n) is 2.61. The van der Waals surface area contributed by atoms with Crippen molar-refractivity contribution in [2.24, 2.45) is 0 Å². The van der Waals surface area contributed by atoms with Gasteiger partial charge in [0.2, 0.25) is 0 Å². The zero-order valence-electron chi connectivity index (χ0n) is 12.0. The topological polar surface area (TPSA) is 72.8 Å². The molecular weight excluding hydrogens is 304 g/mol. The molecule has 0 aliphatic rings. The van der Waals surface area contributed by atoms with Gasteiger partial charge in [-0.1, -0.05) is 24.3 Å². The second kappa shape index (κ2) is 5.15. The molecule has 0 bridgehead atoms. The second-order valence-electron chi connectivity index (χ2n) is 4.84. The summed E-state index contributed by atoms with van der Waals surface area (Å²) in [5.41, 5.74) is 0. The summed E-state index contributed by atoms with van der Waals surface area (Å²) in [5, 5.41) is 3.31. The van der Waals surface area contributed by atoms with Gasteiger partial charge in [-0.3, -0.25) is 4.55 Å². The normalized spacial score (nSPS) is 11.8. The number of fused-ring (bicyclic) bond motifs is 2. The molecule has 0 saturated carbocycles. The lowest BCUT2D eigenvalue weighted by Crippen LogP contribution is -2.05. The Labute approximate surface area is 127 Å². The molecular formula is C16H14O5S. The van der Waals surface area contributed by atoms with E-state index in [2.05, 4.69) is 0 Å². The van der Waals surface area contributed by atoms with E-state index in [0.29, 0.717) is 5.39 Å². The maximum absolute atomic E-state index is 11.7. The third kappa shape index (κ3) is 2.26. The summed E-state index contributed by atoms with van der Waals surface area (Å²) in [6, 6.07) is 13.0. The first-order valence-corrected chi connectivity index (χ1v) is 7.94. The van der Waals surface area contributed by atoms with Gasteiger partial charge in [0, 0.05) is 5.39 Å². The summed E-state index contributed by atoms with van der Waals surface area (Å²) in [7, 11) is -1.78. The Morgan fingerprint density at radius 1 is 0.909 bits per heavy atom. The number of hydrogen-bond donors (Lipinski definition) is 1. The molecule has 0 spiro atoms. The molecule has 3 rings (SSSR count). The molecule has 22 heavy (non-hydrogen) atoms. The molecule has 114 valence electrons. The summed E-state index contributed by atoms with van der Waals surface area (Å²) in [4.78, 5) is -0.361. The molecule has 3 aromatic rings. The van der Waals surface area contributed by atoms with Gasteiger partial charge in [0.1, 0.15) is 5.75 Å². The molecule has 6 heteroatoms. The van der Waals surface area contributed by atoms with Crippen LogP contribution in [-0.4, -0.2) is 27.2 Å². The van der Waals surface area contributed by atoms with Crippen molar-refractivity contribution in [2.45, 2.75) is 4.90 Å². The van der Waals surface area contributed by atoms with E-state index in [1.165, 1.54) is 14.2 Å². The van der Waals surface area contributed by atoms with Gasteiger partial charge in [-0.15, -0.1) is 0 Å². The highest BCUT2D eigenvalue weighted by atomic mass is 32.2. The van der Waals surface area contributed by atoms with Crippen molar-refractivity contribution >= 4 is 31.7 Å². The summed E-state index contributed by atoms with van der Waals surface area (Å²) >= 11 is 0. The predicted molar refractivity (Wildman–Crippen MR) is 84.4 cm³/mol. The van der Waals surface area contributed by atoms with Crippen LogP contribution >= 0.6 is 0 Å². The molecule has 5 nitrogen and oxygen atoms in total. The van der Waals surface area contributed by atoms with Gasteiger partial charge in [-0.05, 0) is 34.4 Å². The number of hydrogen-bond acceptors (Lipinski definition) is 4. The molecule has 0 fully saturated rings. The van der Waals surface area contributed by atoms with Crippen molar-refractivity contribution < 1.29 is 22.4 Å². The van der Waals surface area contributed by atoms with E-state index in [-0.39, 0.29) is 16.4 Å². The molecule has 3 aromatic carbocycles. The monoisotopic (exact) mass is 318 g/mol. The highest BCUT2D eigenvalue weighted by Crippen LogP contribution is 2.41. The van der Waals surface area contributed by atoms with Crippen LogP contribution in [0.1, 0.15) is 0 Å². The first-order chi connectivity index (χ1) is 10.5. The van der Waals surface area contributed by atoms with Gasteiger partial charge in [0.15, 0.2) is 10.6 Å². The van der Waals surface area contributed by atoms with Crippen molar-refractivity contribution in [3.05, 3.63) is 42.5 Å². The molecule has 0 heterocycles. The van der Waals surface area contributed by atoms with Gasteiger partial charge in [0.05, 0.1) is 14.2 Å². The number of ether oxygens (including phenoxy) is 2. The SMILES string of the molecule is COc1cc2cc3ccccc3cc2c(OC)c1S(=O)(=O)O. The van der Waals surface area contributed by atoms with Crippen LogP contribution in [0.15, 0.2) is 47.4 Å². The van der Waals surface area contributed by atoms with Crippen LogP contribution in [0, 0.1) is 0 Å². The Morgan fingerprint density at radius 3 is 2.09 bits per heavy atom. The number of rotatable bonds is 3. The Kier molecular flexibility index (Phi) is 3.42. The van der Waals surface area contributed by atoms with Crippen molar-refractivity contribution in [3.8, 4) is 11.5 Å². The summed E-state index contributed by atoms with van der Waals surface area (Å²) in [6.07, 6.45) is 0. The van der Waals surface area contributed by atoms with Gasteiger partial charge in [0.25, 0.3) is 0 Å². The standard InChI is InChI=1S/C16H14O5S/c1-20-14-9-12-7-10-5-3-4-6-11(10)8-13(12)15(21-2)16(14)22(17,18)19/h3-9H,1-2H3,(H,17,18,19). The fraction of sp³-hybridized carbons (Fsp3) is 0.125. The Bertz CT molecular complexity index is 977. The largest absolute Gasteiger partial charge is 0.495 e. The van der Waals surface area contributed by atoms with Gasteiger partial charge < -0.3 is 9.47 Å². The van der Waals surface area contributed by atoms with E-state index >= 15 is 0 Å². The highest BCUT2D eigenvalue weighted by Gasteiger charge is 2.25. The lowest BCUT2D eigenvalue weighted by atomic mass is 10.0. The lowest BCUT2D eigenvalue weighted by molar-refractivity contribution is 0.371.